The lowest BCUT2D eigenvalue weighted by Gasteiger charge is -2.10. The molecule has 0 saturated carbocycles. The Morgan fingerprint density at radius 2 is 2.08 bits per heavy atom. The molecule has 1 aromatic rings. The van der Waals surface area contributed by atoms with E-state index in [0.717, 1.165) is 17.5 Å². The summed E-state index contributed by atoms with van der Waals surface area (Å²) in [6.45, 7) is 3.88. The highest BCUT2D eigenvalue weighted by Crippen LogP contribution is 2.26. The third-order valence-electron chi connectivity index (χ3n) is 2.02. The Labute approximate surface area is 85.2 Å². The van der Waals surface area contributed by atoms with E-state index >= 15 is 0 Å². The molecule has 0 fully saturated rings. The van der Waals surface area contributed by atoms with Gasteiger partial charge in [-0.2, -0.15) is 0 Å². The van der Waals surface area contributed by atoms with Gasteiger partial charge < -0.3 is 10.8 Å². The number of aryl methyl sites for hydroxylation is 1. The zero-order valence-corrected chi connectivity index (χ0v) is 8.77. The Hall–Kier alpha value is -0.730. The molecule has 1 aromatic carbocycles. The average Bonchev–Trinajstić information content (AvgIpc) is 2.04. The lowest BCUT2D eigenvalue weighted by molar-refractivity contribution is 0.457. The summed E-state index contributed by atoms with van der Waals surface area (Å²) in [5.74, 6) is 0.356. The number of hydrogen-bond acceptors (Lipinski definition) is 2. The zero-order chi connectivity index (χ0) is 9.14. The summed E-state index contributed by atoms with van der Waals surface area (Å²) >= 11 is 0. The van der Waals surface area contributed by atoms with Gasteiger partial charge in [0.2, 0.25) is 0 Å². The summed E-state index contributed by atoms with van der Waals surface area (Å²) in [5, 5.41) is 9.68. The highest BCUT2D eigenvalue weighted by atomic mass is 35.5. The molecule has 0 aromatic heterocycles. The normalized spacial score (nSPS) is 11.9. The number of phenolic OH excluding ortho intramolecular Hbond substituents is 1. The molecule has 0 aliphatic carbocycles. The molecule has 0 heterocycles. The van der Waals surface area contributed by atoms with Crippen LogP contribution >= 0.6 is 12.4 Å². The molecule has 0 bridgehead atoms. The summed E-state index contributed by atoms with van der Waals surface area (Å²) in [5.41, 5.74) is 7.47. The molecule has 1 rings (SSSR count). The molecular formula is C10H16ClNO. The van der Waals surface area contributed by atoms with Gasteiger partial charge >= 0.3 is 0 Å². The lowest BCUT2D eigenvalue weighted by Crippen LogP contribution is -2.05. The Morgan fingerprint density at radius 3 is 2.54 bits per heavy atom. The molecule has 1 atom stereocenters. The molecule has 13 heavy (non-hydrogen) atoms. The fourth-order valence-electron chi connectivity index (χ4n) is 1.26. The van der Waals surface area contributed by atoms with Crippen LogP contribution in [0.4, 0.5) is 0 Å². The van der Waals surface area contributed by atoms with Gasteiger partial charge in [0.15, 0.2) is 0 Å². The summed E-state index contributed by atoms with van der Waals surface area (Å²) < 4.78 is 0. The molecule has 0 aliphatic heterocycles. The Balaban J connectivity index is 0.00000144. The highest BCUT2D eigenvalue weighted by molar-refractivity contribution is 5.85. The summed E-state index contributed by atoms with van der Waals surface area (Å²) in [6.07, 6.45) is 0.840. The van der Waals surface area contributed by atoms with Gasteiger partial charge in [-0.15, -0.1) is 12.4 Å². The fraction of sp³-hybridized carbons (Fsp3) is 0.400. The van der Waals surface area contributed by atoms with Crippen molar-refractivity contribution in [1.29, 1.82) is 0 Å². The summed E-state index contributed by atoms with van der Waals surface area (Å²) in [4.78, 5) is 0. The van der Waals surface area contributed by atoms with Crippen LogP contribution in [0.2, 0.25) is 0 Å². The van der Waals surface area contributed by atoms with Crippen LogP contribution < -0.4 is 5.73 Å². The standard InChI is InChI=1S/C10H15NO.ClH/c1-3-8-5-4-6-9(7(2)11)10(8)12;/h4-7,12H,3,11H2,1-2H3;1H/t7-;/m1./s1. The van der Waals surface area contributed by atoms with Crippen LogP contribution in [0.15, 0.2) is 18.2 Å². The van der Waals surface area contributed by atoms with Crippen LogP contribution in [0.3, 0.4) is 0 Å². The topological polar surface area (TPSA) is 46.2 Å². The van der Waals surface area contributed by atoms with Gasteiger partial charge in [-0.3, -0.25) is 0 Å². The molecule has 0 unspecified atom stereocenters. The van der Waals surface area contributed by atoms with Crippen molar-refractivity contribution in [3.63, 3.8) is 0 Å². The zero-order valence-electron chi connectivity index (χ0n) is 7.95. The van der Waals surface area contributed by atoms with Crippen LogP contribution in [-0.2, 0) is 6.42 Å². The maximum atomic E-state index is 9.68. The van der Waals surface area contributed by atoms with Crippen molar-refractivity contribution < 1.29 is 5.11 Å². The largest absolute Gasteiger partial charge is 0.507 e. The average molecular weight is 202 g/mol. The van der Waals surface area contributed by atoms with Crippen LogP contribution in [-0.4, -0.2) is 5.11 Å². The first-order chi connectivity index (χ1) is 5.66. The van der Waals surface area contributed by atoms with E-state index in [4.69, 9.17) is 5.73 Å². The van der Waals surface area contributed by atoms with Gasteiger partial charge in [0.25, 0.3) is 0 Å². The number of rotatable bonds is 2. The molecule has 0 saturated heterocycles. The summed E-state index contributed by atoms with van der Waals surface area (Å²) in [6, 6.07) is 5.61. The van der Waals surface area contributed by atoms with E-state index in [2.05, 4.69) is 0 Å². The third kappa shape index (κ3) is 2.61. The molecular weight excluding hydrogens is 186 g/mol. The van der Waals surface area contributed by atoms with Gasteiger partial charge in [0.1, 0.15) is 5.75 Å². The van der Waals surface area contributed by atoms with Crippen LogP contribution in [0, 0.1) is 0 Å². The van der Waals surface area contributed by atoms with Crippen molar-refractivity contribution in [2.75, 3.05) is 0 Å². The predicted octanol–water partition coefficient (Wildman–Crippen LogP) is 2.40. The number of hydrogen-bond donors (Lipinski definition) is 2. The Kier molecular flexibility index (Phi) is 4.81. The van der Waals surface area contributed by atoms with Crippen molar-refractivity contribution in [1.82, 2.24) is 0 Å². The monoisotopic (exact) mass is 201 g/mol. The first-order valence-corrected chi connectivity index (χ1v) is 4.23. The first kappa shape index (κ1) is 12.3. The van der Waals surface area contributed by atoms with E-state index in [1.165, 1.54) is 0 Å². The fourth-order valence-corrected chi connectivity index (χ4v) is 1.26. The second-order valence-corrected chi connectivity index (χ2v) is 3.00. The van der Waals surface area contributed by atoms with Gasteiger partial charge in [0, 0.05) is 11.6 Å². The van der Waals surface area contributed by atoms with E-state index in [1.54, 1.807) is 0 Å². The Bertz CT molecular complexity index is 274. The number of aromatic hydroxyl groups is 1. The van der Waals surface area contributed by atoms with E-state index < -0.39 is 0 Å². The number of nitrogens with two attached hydrogens (primary N) is 1. The SMILES string of the molecule is CCc1cccc([C@@H](C)N)c1O.Cl. The highest BCUT2D eigenvalue weighted by Gasteiger charge is 2.07. The summed E-state index contributed by atoms with van der Waals surface area (Å²) in [7, 11) is 0. The van der Waals surface area contributed by atoms with E-state index in [1.807, 2.05) is 32.0 Å². The Morgan fingerprint density at radius 1 is 1.46 bits per heavy atom. The van der Waals surface area contributed by atoms with Crippen molar-refractivity contribution in [2.45, 2.75) is 26.3 Å². The molecule has 0 amide bonds. The van der Waals surface area contributed by atoms with Gasteiger partial charge in [-0.1, -0.05) is 25.1 Å². The quantitative estimate of drug-likeness (QED) is 0.772. The van der Waals surface area contributed by atoms with Crippen molar-refractivity contribution in [3.8, 4) is 5.75 Å². The molecule has 2 nitrogen and oxygen atoms in total. The second-order valence-electron chi connectivity index (χ2n) is 3.00. The first-order valence-electron chi connectivity index (χ1n) is 4.23. The number of para-hydroxylation sites is 1. The van der Waals surface area contributed by atoms with Crippen LogP contribution in [0.1, 0.15) is 31.0 Å². The maximum absolute atomic E-state index is 9.68. The minimum atomic E-state index is -0.100. The second kappa shape index (κ2) is 5.10. The molecule has 3 heteroatoms. The van der Waals surface area contributed by atoms with Crippen molar-refractivity contribution in [2.24, 2.45) is 5.73 Å². The van der Waals surface area contributed by atoms with Crippen molar-refractivity contribution in [3.05, 3.63) is 29.3 Å². The van der Waals surface area contributed by atoms with Gasteiger partial charge in [-0.25, -0.2) is 0 Å². The van der Waals surface area contributed by atoms with E-state index in [-0.39, 0.29) is 18.4 Å². The van der Waals surface area contributed by atoms with Gasteiger partial charge in [0.05, 0.1) is 0 Å². The van der Waals surface area contributed by atoms with Crippen molar-refractivity contribution >= 4 is 12.4 Å². The number of halogens is 1. The van der Waals surface area contributed by atoms with Crippen LogP contribution in [0.25, 0.3) is 0 Å². The minimum Gasteiger partial charge on any atom is -0.507 e. The molecule has 3 N–H and O–H groups in total. The molecule has 74 valence electrons. The number of phenols is 1. The molecule has 0 aliphatic rings. The van der Waals surface area contributed by atoms with E-state index in [9.17, 15) is 5.11 Å². The minimum absolute atomic E-state index is 0. The van der Waals surface area contributed by atoms with Crippen LogP contribution in [0.5, 0.6) is 5.75 Å². The number of benzene rings is 1. The predicted molar refractivity (Wildman–Crippen MR) is 57.3 cm³/mol. The van der Waals surface area contributed by atoms with Gasteiger partial charge in [-0.05, 0) is 18.9 Å². The molecule has 0 spiro atoms. The molecule has 0 radical (unpaired) electrons. The smallest absolute Gasteiger partial charge is 0.123 e. The van der Waals surface area contributed by atoms with E-state index in [0.29, 0.717) is 5.75 Å². The lowest BCUT2D eigenvalue weighted by atomic mass is 10.0. The third-order valence-corrected chi connectivity index (χ3v) is 2.02. The maximum Gasteiger partial charge on any atom is 0.123 e.